The highest BCUT2D eigenvalue weighted by Crippen LogP contribution is 2.24. The van der Waals surface area contributed by atoms with Crippen molar-refractivity contribution in [1.29, 1.82) is 0 Å². The van der Waals surface area contributed by atoms with Crippen LogP contribution in [0.2, 0.25) is 5.02 Å². The number of carbonyl (C=O) groups excluding carboxylic acids is 1. The minimum Gasteiger partial charge on any atom is -0.465 e. The van der Waals surface area contributed by atoms with E-state index in [0.29, 0.717) is 18.1 Å². The van der Waals surface area contributed by atoms with E-state index in [1.165, 1.54) is 4.90 Å². The van der Waals surface area contributed by atoms with Gasteiger partial charge < -0.3 is 10.0 Å². The van der Waals surface area contributed by atoms with E-state index >= 15 is 0 Å². The van der Waals surface area contributed by atoms with Crippen LogP contribution in [0.4, 0.5) is 4.79 Å². The lowest BCUT2D eigenvalue weighted by atomic mass is 10.1. The molecular weight excluding hydrogens is 330 g/mol. The number of carbonyl (C=O) groups is 2. The Bertz CT molecular complexity index is 811. The highest BCUT2D eigenvalue weighted by atomic mass is 35.5. The molecule has 2 aromatic rings. The van der Waals surface area contributed by atoms with E-state index < -0.39 is 12.1 Å². The van der Waals surface area contributed by atoms with Gasteiger partial charge in [-0.15, -0.1) is 0 Å². The number of halogens is 1. The molecule has 24 heavy (non-hydrogen) atoms. The maximum absolute atomic E-state index is 12.5. The molecule has 0 aliphatic carbocycles. The molecule has 1 aliphatic heterocycles. The van der Waals surface area contributed by atoms with E-state index in [9.17, 15) is 14.7 Å². The Balaban J connectivity index is 1.83. The molecule has 1 aromatic carbocycles. The average Bonchev–Trinajstić information content (AvgIpc) is 2.52. The van der Waals surface area contributed by atoms with Crippen molar-refractivity contribution in [1.82, 2.24) is 14.8 Å². The third-order valence-corrected chi connectivity index (χ3v) is 4.72. The van der Waals surface area contributed by atoms with Crippen LogP contribution in [0, 0.1) is 0 Å². The summed E-state index contributed by atoms with van der Waals surface area (Å²) in [5.41, 5.74) is 1.71. The zero-order chi connectivity index (χ0) is 17.4. The SMILES string of the molecule is CC1CN(Cc2ccc3c(Cl)ccnc3c2)C(=O)[C@H](C)N1C(=O)O. The van der Waals surface area contributed by atoms with Crippen LogP contribution in [0.15, 0.2) is 30.5 Å². The molecule has 1 fully saturated rings. The first-order valence-corrected chi connectivity index (χ1v) is 8.09. The standard InChI is InChI=1S/C17H18ClN3O3/c1-10-8-20(16(22)11(2)21(10)17(23)24)9-12-3-4-13-14(18)5-6-19-15(13)7-12/h3-7,10-11H,8-9H2,1-2H3,(H,23,24)/t10?,11-/m0/s1. The van der Waals surface area contributed by atoms with Crippen molar-refractivity contribution >= 4 is 34.5 Å². The average molecular weight is 348 g/mol. The van der Waals surface area contributed by atoms with Gasteiger partial charge in [0.15, 0.2) is 0 Å². The van der Waals surface area contributed by atoms with E-state index in [1.54, 1.807) is 24.1 Å². The van der Waals surface area contributed by atoms with Gasteiger partial charge in [0.1, 0.15) is 6.04 Å². The number of hydrogen-bond acceptors (Lipinski definition) is 3. The Morgan fingerprint density at radius 1 is 1.38 bits per heavy atom. The number of rotatable bonds is 2. The Morgan fingerprint density at radius 3 is 2.83 bits per heavy atom. The van der Waals surface area contributed by atoms with Gasteiger partial charge in [-0.3, -0.25) is 14.7 Å². The van der Waals surface area contributed by atoms with Crippen molar-refractivity contribution in [3.05, 3.63) is 41.0 Å². The number of aromatic nitrogens is 1. The fraction of sp³-hybridized carbons (Fsp3) is 0.353. The molecule has 0 radical (unpaired) electrons. The van der Waals surface area contributed by atoms with E-state index in [2.05, 4.69) is 4.98 Å². The van der Waals surface area contributed by atoms with Gasteiger partial charge in [-0.25, -0.2) is 4.79 Å². The second kappa shape index (κ2) is 6.28. The van der Waals surface area contributed by atoms with Crippen molar-refractivity contribution in [2.75, 3.05) is 6.54 Å². The fourth-order valence-electron chi connectivity index (χ4n) is 3.24. The summed E-state index contributed by atoms with van der Waals surface area (Å²) in [6.45, 7) is 4.23. The smallest absolute Gasteiger partial charge is 0.408 e. The molecule has 3 rings (SSSR count). The molecule has 0 spiro atoms. The zero-order valence-corrected chi connectivity index (χ0v) is 14.2. The van der Waals surface area contributed by atoms with Gasteiger partial charge in [0.2, 0.25) is 5.91 Å². The van der Waals surface area contributed by atoms with Crippen molar-refractivity contribution in [2.45, 2.75) is 32.5 Å². The number of fused-ring (bicyclic) bond motifs is 1. The van der Waals surface area contributed by atoms with Crippen LogP contribution >= 0.6 is 11.6 Å². The topological polar surface area (TPSA) is 73.7 Å². The highest BCUT2D eigenvalue weighted by Gasteiger charge is 2.38. The van der Waals surface area contributed by atoms with Gasteiger partial charge in [0, 0.05) is 24.7 Å². The number of nitrogens with zero attached hydrogens (tertiary/aromatic N) is 3. The summed E-state index contributed by atoms with van der Waals surface area (Å²) >= 11 is 6.14. The van der Waals surface area contributed by atoms with E-state index in [1.807, 2.05) is 25.1 Å². The molecule has 1 aromatic heterocycles. The van der Waals surface area contributed by atoms with Gasteiger partial charge in [0.25, 0.3) is 0 Å². The van der Waals surface area contributed by atoms with Crippen molar-refractivity contribution in [3.63, 3.8) is 0 Å². The minimum absolute atomic E-state index is 0.186. The molecule has 1 aliphatic rings. The summed E-state index contributed by atoms with van der Waals surface area (Å²) in [6.07, 6.45) is 0.586. The summed E-state index contributed by atoms with van der Waals surface area (Å²) in [7, 11) is 0. The number of hydrogen-bond donors (Lipinski definition) is 1. The number of carboxylic acid groups (broad SMARTS) is 1. The summed E-state index contributed by atoms with van der Waals surface area (Å²) in [5.74, 6) is -0.186. The molecule has 0 saturated carbocycles. The third kappa shape index (κ3) is 2.89. The number of piperazine rings is 1. The summed E-state index contributed by atoms with van der Waals surface area (Å²) in [5, 5.41) is 10.8. The lowest BCUT2D eigenvalue weighted by molar-refractivity contribution is -0.143. The van der Waals surface area contributed by atoms with Crippen LogP contribution in [-0.2, 0) is 11.3 Å². The quantitative estimate of drug-likeness (QED) is 0.906. The third-order valence-electron chi connectivity index (χ3n) is 4.39. The monoisotopic (exact) mass is 347 g/mol. The van der Waals surface area contributed by atoms with Crippen LogP contribution in [0.25, 0.3) is 10.9 Å². The Labute approximate surface area is 144 Å². The molecule has 1 N–H and O–H groups in total. The number of pyridine rings is 1. The van der Waals surface area contributed by atoms with Crippen molar-refractivity contribution in [3.8, 4) is 0 Å². The summed E-state index contributed by atoms with van der Waals surface area (Å²) in [4.78, 5) is 31.0. The van der Waals surface area contributed by atoms with Crippen LogP contribution in [0.1, 0.15) is 19.4 Å². The van der Waals surface area contributed by atoms with Crippen molar-refractivity contribution < 1.29 is 14.7 Å². The molecule has 6 nitrogen and oxygen atoms in total. The Morgan fingerprint density at radius 2 is 2.12 bits per heavy atom. The molecule has 1 saturated heterocycles. The molecule has 2 atom stereocenters. The first kappa shape index (κ1) is 16.5. The molecule has 7 heteroatoms. The molecular formula is C17H18ClN3O3. The minimum atomic E-state index is -1.06. The molecule has 1 unspecified atom stereocenters. The van der Waals surface area contributed by atoms with Crippen LogP contribution in [0.3, 0.4) is 0 Å². The summed E-state index contributed by atoms with van der Waals surface area (Å²) in [6, 6.07) is 6.53. The van der Waals surface area contributed by atoms with E-state index in [-0.39, 0.29) is 11.9 Å². The fourth-order valence-corrected chi connectivity index (χ4v) is 3.45. The van der Waals surface area contributed by atoms with Gasteiger partial charge in [-0.05, 0) is 31.5 Å². The maximum atomic E-state index is 12.5. The highest BCUT2D eigenvalue weighted by molar-refractivity contribution is 6.35. The normalized spacial score (nSPS) is 21.4. The van der Waals surface area contributed by atoms with E-state index in [0.717, 1.165) is 16.5 Å². The molecule has 2 amide bonds. The van der Waals surface area contributed by atoms with Gasteiger partial charge in [-0.2, -0.15) is 0 Å². The van der Waals surface area contributed by atoms with E-state index in [4.69, 9.17) is 11.6 Å². The zero-order valence-electron chi connectivity index (χ0n) is 13.4. The lowest BCUT2D eigenvalue weighted by Gasteiger charge is -2.42. The molecule has 126 valence electrons. The van der Waals surface area contributed by atoms with Crippen LogP contribution in [0.5, 0.6) is 0 Å². The second-order valence-corrected chi connectivity index (χ2v) is 6.49. The van der Waals surface area contributed by atoms with Crippen molar-refractivity contribution in [2.24, 2.45) is 0 Å². The maximum Gasteiger partial charge on any atom is 0.408 e. The predicted octanol–water partition coefficient (Wildman–Crippen LogP) is 2.99. The van der Waals surface area contributed by atoms with Crippen LogP contribution in [-0.4, -0.2) is 50.5 Å². The first-order valence-electron chi connectivity index (χ1n) is 7.71. The van der Waals surface area contributed by atoms with Crippen LogP contribution < -0.4 is 0 Å². The molecule has 0 bridgehead atoms. The lowest BCUT2D eigenvalue weighted by Crippen LogP contribution is -2.61. The predicted molar refractivity (Wildman–Crippen MR) is 91.0 cm³/mol. The molecule has 2 heterocycles. The van der Waals surface area contributed by atoms with Gasteiger partial charge in [-0.1, -0.05) is 23.7 Å². The second-order valence-electron chi connectivity index (χ2n) is 6.08. The Kier molecular flexibility index (Phi) is 4.32. The van der Waals surface area contributed by atoms with Gasteiger partial charge in [0.05, 0.1) is 16.6 Å². The number of benzene rings is 1. The number of amides is 2. The first-order chi connectivity index (χ1) is 11.4. The Hall–Kier alpha value is -2.34. The van der Waals surface area contributed by atoms with Gasteiger partial charge >= 0.3 is 6.09 Å². The summed E-state index contributed by atoms with van der Waals surface area (Å²) < 4.78 is 0. The largest absolute Gasteiger partial charge is 0.465 e.